The summed E-state index contributed by atoms with van der Waals surface area (Å²) in [6, 6.07) is 8.58. The fourth-order valence-electron chi connectivity index (χ4n) is 2.15. The van der Waals surface area contributed by atoms with Crippen LogP contribution >= 0.6 is 22.7 Å². The Morgan fingerprint density at radius 1 is 1.29 bits per heavy atom. The van der Waals surface area contributed by atoms with E-state index in [-0.39, 0.29) is 0 Å². The SMILES string of the molecule is CCC(C)n1c(-c2cccs2)csc1=Nc1cccnc1. The van der Waals surface area contributed by atoms with E-state index in [1.807, 2.05) is 12.1 Å². The van der Waals surface area contributed by atoms with Crippen LogP contribution in [-0.4, -0.2) is 9.55 Å². The summed E-state index contributed by atoms with van der Waals surface area (Å²) in [4.78, 5) is 11.2. The predicted molar refractivity (Wildman–Crippen MR) is 90.1 cm³/mol. The minimum absolute atomic E-state index is 0.420. The number of hydrogen-bond donors (Lipinski definition) is 0. The Bertz CT molecular complexity index is 754. The Kier molecular flexibility index (Phi) is 4.31. The van der Waals surface area contributed by atoms with Crippen LogP contribution in [0.25, 0.3) is 10.6 Å². The van der Waals surface area contributed by atoms with E-state index < -0.39 is 0 Å². The van der Waals surface area contributed by atoms with Crippen LogP contribution in [-0.2, 0) is 0 Å². The second-order valence-electron chi connectivity index (χ2n) is 4.83. The van der Waals surface area contributed by atoms with Crippen molar-refractivity contribution < 1.29 is 0 Å². The summed E-state index contributed by atoms with van der Waals surface area (Å²) in [5, 5.41) is 4.32. The van der Waals surface area contributed by atoms with Crippen LogP contribution in [0.2, 0.25) is 0 Å². The Labute approximate surface area is 132 Å². The molecule has 3 aromatic heterocycles. The summed E-state index contributed by atoms with van der Waals surface area (Å²) >= 11 is 3.46. The van der Waals surface area contributed by atoms with E-state index in [9.17, 15) is 0 Å². The fraction of sp³-hybridized carbons (Fsp3) is 0.250. The maximum Gasteiger partial charge on any atom is 0.190 e. The summed E-state index contributed by atoms with van der Waals surface area (Å²) in [5.74, 6) is 0. The molecule has 21 heavy (non-hydrogen) atoms. The van der Waals surface area contributed by atoms with Crippen LogP contribution in [0.15, 0.2) is 52.4 Å². The maximum absolute atomic E-state index is 4.76. The molecule has 3 rings (SSSR count). The lowest BCUT2D eigenvalue weighted by molar-refractivity contribution is 0.524. The van der Waals surface area contributed by atoms with Crippen molar-refractivity contribution >= 4 is 28.4 Å². The molecule has 0 aliphatic rings. The van der Waals surface area contributed by atoms with E-state index in [4.69, 9.17) is 4.99 Å². The summed E-state index contributed by atoms with van der Waals surface area (Å²) in [7, 11) is 0. The van der Waals surface area contributed by atoms with Gasteiger partial charge >= 0.3 is 0 Å². The molecule has 3 aromatic rings. The lowest BCUT2D eigenvalue weighted by Gasteiger charge is -2.14. The standard InChI is InChI=1S/C16H17N3S2/c1-3-12(2)19-14(15-7-5-9-20-15)11-21-16(19)18-13-6-4-8-17-10-13/h4-12H,3H2,1-2H3. The monoisotopic (exact) mass is 315 g/mol. The van der Waals surface area contributed by atoms with Crippen molar-refractivity contribution in [3.8, 4) is 10.6 Å². The van der Waals surface area contributed by atoms with E-state index in [0.717, 1.165) is 16.9 Å². The molecular weight excluding hydrogens is 298 g/mol. The van der Waals surface area contributed by atoms with Gasteiger partial charge in [0.25, 0.3) is 0 Å². The largest absolute Gasteiger partial charge is 0.313 e. The molecule has 108 valence electrons. The van der Waals surface area contributed by atoms with Crippen molar-refractivity contribution in [2.45, 2.75) is 26.3 Å². The van der Waals surface area contributed by atoms with Crippen LogP contribution in [0.5, 0.6) is 0 Å². The van der Waals surface area contributed by atoms with Crippen LogP contribution in [0.1, 0.15) is 26.3 Å². The van der Waals surface area contributed by atoms with Gasteiger partial charge in [0.15, 0.2) is 4.80 Å². The van der Waals surface area contributed by atoms with E-state index >= 15 is 0 Å². The molecule has 1 unspecified atom stereocenters. The van der Waals surface area contributed by atoms with Crippen LogP contribution in [0.4, 0.5) is 5.69 Å². The highest BCUT2D eigenvalue weighted by atomic mass is 32.1. The smallest absolute Gasteiger partial charge is 0.190 e. The molecule has 0 fully saturated rings. The van der Waals surface area contributed by atoms with Gasteiger partial charge in [0, 0.05) is 17.6 Å². The lowest BCUT2D eigenvalue weighted by atomic mass is 10.2. The third-order valence-electron chi connectivity index (χ3n) is 3.42. The van der Waals surface area contributed by atoms with Gasteiger partial charge in [0.05, 0.1) is 22.5 Å². The number of nitrogens with zero attached hydrogens (tertiary/aromatic N) is 3. The fourth-order valence-corrected chi connectivity index (χ4v) is 3.97. The molecule has 0 saturated carbocycles. The van der Waals surface area contributed by atoms with E-state index in [1.54, 1.807) is 35.1 Å². The van der Waals surface area contributed by atoms with Gasteiger partial charge in [-0.1, -0.05) is 13.0 Å². The molecule has 0 spiro atoms. The van der Waals surface area contributed by atoms with E-state index in [2.05, 4.69) is 46.3 Å². The number of pyridine rings is 1. The molecule has 0 saturated heterocycles. The first-order valence-corrected chi connectivity index (χ1v) is 8.74. The van der Waals surface area contributed by atoms with Gasteiger partial charge < -0.3 is 4.57 Å². The van der Waals surface area contributed by atoms with Crippen molar-refractivity contribution in [3.63, 3.8) is 0 Å². The zero-order valence-electron chi connectivity index (χ0n) is 12.1. The molecule has 3 heterocycles. The molecule has 0 N–H and O–H groups in total. The van der Waals surface area contributed by atoms with Crippen molar-refractivity contribution in [2.24, 2.45) is 4.99 Å². The van der Waals surface area contributed by atoms with Gasteiger partial charge in [0.2, 0.25) is 0 Å². The summed E-state index contributed by atoms with van der Waals surface area (Å²) in [6.07, 6.45) is 4.65. The molecule has 0 amide bonds. The van der Waals surface area contributed by atoms with Gasteiger partial charge in [-0.05, 0) is 36.9 Å². The van der Waals surface area contributed by atoms with Gasteiger partial charge in [-0.3, -0.25) is 4.98 Å². The van der Waals surface area contributed by atoms with Crippen molar-refractivity contribution in [1.29, 1.82) is 0 Å². The van der Waals surface area contributed by atoms with Gasteiger partial charge in [0.1, 0.15) is 0 Å². The number of thiazole rings is 1. The van der Waals surface area contributed by atoms with Gasteiger partial charge in [-0.15, -0.1) is 22.7 Å². The Morgan fingerprint density at radius 2 is 2.19 bits per heavy atom. The highest BCUT2D eigenvalue weighted by Crippen LogP contribution is 2.28. The number of aromatic nitrogens is 2. The molecule has 5 heteroatoms. The maximum atomic E-state index is 4.76. The third kappa shape index (κ3) is 2.99. The Balaban J connectivity index is 2.16. The predicted octanol–water partition coefficient (Wildman–Crippen LogP) is 4.88. The first kappa shape index (κ1) is 14.2. The highest BCUT2D eigenvalue weighted by Gasteiger charge is 2.13. The Morgan fingerprint density at radius 3 is 2.86 bits per heavy atom. The topological polar surface area (TPSA) is 30.2 Å². The van der Waals surface area contributed by atoms with Crippen LogP contribution < -0.4 is 4.80 Å². The molecule has 0 bridgehead atoms. The van der Waals surface area contributed by atoms with Gasteiger partial charge in [-0.25, -0.2) is 4.99 Å². The van der Waals surface area contributed by atoms with Crippen LogP contribution in [0.3, 0.4) is 0 Å². The second kappa shape index (κ2) is 6.37. The summed E-state index contributed by atoms with van der Waals surface area (Å²) in [6.45, 7) is 4.45. The molecular formula is C16H17N3S2. The first-order valence-electron chi connectivity index (χ1n) is 6.98. The Hall–Kier alpha value is -1.72. The van der Waals surface area contributed by atoms with Gasteiger partial charge in [-0.2, -0.15) is 0 Å². The summed E-state index contributed by atoms with van der Waals surface area (Å²) in [5.41, 5.74) is 2.15. The molecule has 0 aromatic carbocycles. The lowest BCUT2D eigenvalue weighted by Crippen LogP contribution is -2.19. The second-order valence-corrected chi connectivity index (χ2v) is 6.62. The minimum atomic E-state index is 0.420. The quantitative estimate of drug-likeness (QED) is 0.675. The van der Waals surface area contributed by atoms with E-state index in [1.165, 1.54) is 10.6 Å². The van der Waals surface area contributed by atoms with Crippen molar-refractivity contribution in [2.75, 3.05) is 0 Å². The molecule has 0 radical (unpaired) electrons. The molecule has 0 aliphatic heterocycles. The van der Waals surface area contributed by atoms with Crippen molar-refractivity contribution in [1.82, 2.24) is 9.55 Å². The summed E-state index contributed by atoms with van der Waals surface area (Å²) < 4.78 is 2.34. The zero-order chi connectivity index (χ0) is 14.7. The zero-order valence-corrected chi connectivity index (χ0v) is 13.7. The first-order chi connectivity index (χ1) is 10.3. The molecule has 0 aliphatic carbocycles. The number of thiophene rings is 1. The third-order valence-corrected chi connectivity index (χ3v) is 5.15. The number of rotatable bonds is 4. The highest BCUT2D eigenvalue weighted by molar-refractivity contribution is 7.14. The molecule has 1 atom stereocenters. The van der Waals surface area contributed by atoms with Crippen LogP contribution in [0, 0.1) is 0 Å². The minimum Gasteiger partial charge on any atom is -0.313 e. The molecule has 3 nitrogen and oxygen atoms in total. The average Bonchev–Trinajstić information content (AvgIpc) is 3.16. The average molecular weight is 315 g/mol. The number of hydrogen-bond acceptors (Lipinski definition) is 4. The van der Waals surface area contributed by atoms with E-state index in [0.29, 0.717) is 6.04 Å². The normalized spacial score (nSPS) is 13.5. The van der Waals surface area contributed by atoms with Crippen molar-refractivity contribution in [3.05, 3.63) is 52.2 Å².